The second kappa shape index (κ2) is 6.12. The van der Waals surface area contributed by atoms with E-state index in [-0.39, 0.29) is 52.3 Å². The van der Waals surface area contributed by atoms with E-state index in [0.29, 0.717) is 11.3 Å². The van der Waals surface area contributed by atoms with Crippen molar-refractivity contribution in [1.82, 2.24) is 19.4 Å². The Balaban J connectivity index is 0.00000176. The van der Waals surface area contributed by atoms with Crippen molar-refractivity contribution < 1.29 is 43.8 Å². The summed E-state index contributed by atoms with van der Waals surface area (Å²) in [6, 6.07) is 1.27. The number of aromatic carboxylic acids is 1. The van der Waals surface area contributed by atoms with Crippen LogP contribution in [0.5, 0.6) is 0 Å². The van der Waals surface area contributed by atoms with Crippen molar-refractivity contribution >= 4 is 11.6 Å². The number of pyridine rings is 1. The quantitative estimate of drug-likeness (QED) is 0.507. The Labute approximate surface area is 147 Å². The van der Waals surface area contributed by atoms with Gasteiger partial charge in [-0.2, -0.15) is 0 Å². The van der Waals surface area contributed by atoms with Crippen LogP contribution in [0.2, 0.25) is 0 Å². The van der Waals surface area contributed by atoms with Crippen molar-refractivity contribution in [2.75, 3.05) is 0 Å². The molecule has 3 aromatic rings. The van der Waals surface area contributed by atoms with Gasteiger partial charge in [-0.05, 0) is 19.9 Å². The van der Waals surface area contributed by atoms with E-state index in [1.807, 2.05) is 0 Å². The number of rotatable bonds is 2. The van der Waals surface area contributed by atoms with E-state index in [0.717, 1.165) is 6.20 Å². The molecule has 6 nitrogen and oxygen atoms in total. The Hall–Kier alpha value is -1.83. The summed E-state index contributed by atoms with van der Waals surface area (Å²) in [5, 5.41) is 10.8. The molecule has 0 saturated heterocycles. The van der Waals surface area contributed by atoms with Crippen LogP contribution in [0.15, 0.2) is 24.7 Å². The average molecular weight is 308 g/mol. The van der Waals surface area contributed by atoms with Crippen LogP contribution in [-0.2, 0) is 0 Å². The van der Waals surface area contributed by atoms with Gasteiger partial charge in [0, 0.05) is 29.7 Å². The van der Waals surface area contributed by atoms with Crippen LogP contribution < -0.4 is 34.7 Å². The first-order valence-electron chi connectivity index (χ1n) is 6.16. The zero-order valence-electron chi connectivity index (χ0n) is 12.3. The number of imidazole rings is 1. The minimum absolute atomic E-state index is 0. The molecule has 106 valence electrons. The average Bonchev–Trinajstić information content (AvgIpc) is 2.79. The first-order chi connectivity index (χ1) is 9.95. The maximum absolute atomic E-state index is 14.0. The maximum Gasteiger partial charge on any atom is 1.00 e. The molecule has 0 amide bonds. The van der Waals surface area contributed by atoms with Crippen LogP contribution in [0, 0.1) is 19.7 Å². The van der Waals surface area contributed by atoms with Crippen molar-refractivity contribution in [3.05, 3.63) is 47.4 Å². The molecule has 3 rings (SSSR count). The van der Waals surface area contributed by atoms with Crippen LogP contribution >= 0.6 is 0 Å². The molecular formula is C14H10FN4NaO2. The molecule has 0 aliphatic rings. The summed E-state index contributed by atoms with van der Waals surface area (Å²) in [5.41, 5.74) is 1.53. The summed E-state index contributed by atoms with van der Waals surface area (Å²) in [6.45, 7) is 3.30. The second-order valence-electron chi connectivity index (χ2n) is 4.67. The van der Waals surface area contributed by atoms with E-state index in [1.165, 1.54) is 13.0 Å². The monoisotopic (exact) mass is 308 g/mol. The topological polar surface area (TPSA) is 83.2 Å². The molecule has 0 N–H and O–H groups in total. The fraction of sp³-hybridized carbons (Fsp3) is 0.143. The molecule has 0 saturated carbocycles. The Morgan fingerprint density at radius 2 is 2.00 bits per heavy atom. The van der Waals surface area contributed by atoms with Gasteiger partial charge in [-0.1, -0.05) is 0 Å². The standard InChI is InChI=1S/C14H11FN4O2.Na/c1-7-5-19-6-9(3-11(15)13(19)17-7)12-16-4-10(14(20)21)8(2)18-12;/h3-6H,1-2H3,(H,20,21);/q;+1/p-1. The minimum atomic E-state index is -1.34. The Bertz CT molecular complexity index is 879. The molecule has 0 spiro atoms. The van der Waals surface area contributed by atoms with Gasteiger partial charge in [0.05, 0.1) is 17.4 Å². The molecule has 0 aliphatic carbocycles. The van der Waals surface area contributed by atoms with Crippen molar-refractivity contribution in [3.63, 3.8) is 0 Å². The van der Waals surface area contributed by atoms with Gasteiger partial charge in [0.15, 0.2) is 17.3 Å². The Morgan fingerprint density at radius 3 is 2.64 bits per heavy atom. The SMILES string of the molecule is Cc1cn2cc(-c3ncc(C(=O)[O-])c(C)n3)cc(F)c2n1.[Na+]. The normalized spacial score (nSPS) is 10.5. The van der Waals surface area contributed by atoms with E-state index < -0.39 is 11.8 Å². The second-order valence-corrected chi connectivity index (χ2v) is 4.67. The number of carboxylic acid groups (broad SMARTS) is 1. The van der Waals surface area contributed by atoms with E-state index in [9.17, 15) is 14.3 Å². The summed E-state index contributed by atoms with van der Waals surface area (Å²) in [7, 11) is 0. The number of halogens is 1. The molecule has 0 bridgehead atoms. The fourth-order valence-corrected chi connectivity index (χ4v) is 2.11. The van der Waals surface area contributed by atoms with E-state index in [1.54, 1.807) is 23.7 Å². The van der Waals surface area contributed by atoms with Crippen LogP contribution in [0.25, 0.3) is 17.0 Å². The number of carbonyl (C=O) groups is 1. The largest absolute Gasteiger partial charge is 1.00 e. The van der Waals surface area contributed by atoms with Gasteiger partial charge in [0.1, 0.15) is 0 Å². The van der Waals surface area contributed by atoms with E-state index >= 15 is 0 Å². The van der Waals surface area contributed by atoms with Crippen molar-refractivity contribution in [2.45, 2.75) is 13.8 Å². The van der Waals surface area contributed by atoms with E-state index in [2.05, 4.69) is 15.0 Å². The number of hydrogen-bond donors (Lipinski definition) is 0. The molecule has 8 heteroatoms. The van der Waals surface area contributed by atoms with Gasteiger partial charge in [0.25, 0.3) is 0 Å². The van der Waals surface area contributed by atoms with Crippen LogP contribution in [-0.4, -0.2) is 25.3 Å². The molecule has 0 aliphatic heterocycles. The molecule has 0 unspecified atom stereocenters. The summed E-state index contributed by atoms with van der Waals surface area (Å²) in [5.74, 6) is -1.60. The molecule has 0 atom stereocenters. The van der Waals surface area contributed by atoms with Crippen LogP contribution in [0.3, 0.4) is 0 Å². The number of fused-ring (bicyclic) bond motifs is 1. The summed E-state index contributed by atoms with van der Waals surface area (Å²) in [6.07, 6.45) is 4.49. The molecule has 3 heterocycles. The summed E-state index contributed by atoms with van der Waals surface area (Å²) >= 11 is 0. The van der Waals surface area contributed by atoms with Crippen molar-refractivity contribution in [2.24, 2.45) is 0 Å². The number of aromatic nitrogens is 4. The third-order valence-corrected chi connectivity index (χ3v) is 3.08. The molecule has 3 aromatic heterocycles. The predicted molar refractivity (Wildman–Crippen MR) is 70.0 cm³/mol. The van der Waals surface area contributed by atoms with Gasteiger partial charge in [-0.3, -0.25) is 0 Å². The maximum atomic E-state index is 14.0. The van der Waals surface area contributed by atoms with Gasteiger partial charge < -0.3 is 14.3 Å². The number of hydrogen-bond acceptors (Lipinski definition) is 5. The first-order valence-corrected chi connectivity index (χ1v) is 6.16. The Morgan fingerprint density at radius 1 is 1.27 bits per heavy atom. The zero-order valence-corrected chi connectivity index (χ0v) is 14.3. The molecule has 0 radical (unpaired) electrons. The molecular weight excluding hydrogens is 298 g/mol. The molecule has 0 aromatic carbocycles. The van der Waals surface area contributed by atoms with Gasteiger partial charge in [-0.15, -0.1) is 0 Å². The molecule has 0 fully saturated rings. The Kier molecular flexibility index (Phi) is 4.60. The van der Waals surface area contributed by atoms with Crippen LogP contribution in [0.1, 0.15) is 21.7 Å². The minimum Gasteiger partial charge on any atom is -0.545 e. The smallest absolute Gasteiger partial charge is 0.545 e. The van der Waals surface area contributed by atoms with Crippen molar-refractivity contribution in [3.8, 4) is 11.4 Å². The molecule has 22 heavy (non-hydrogen) atoms. The summed E-state index contributed by atoms with van der Waals surface area (Å²) < 4.78 is 15.6. The fourth-order valence-electron chi connectivity index (χ4n) is 2.11. The first kappa shape index (κ1) is 16.5. The number of carboxylic acids is 1. The van der Waals surface area contributed by atoms with Crippen LogP contribution in [0.4, 0.5) is 4.39 Å². The van der Waals surface area contributed by atoms with Gasteiger partial charge in [-0.25, -0.2) is 19.3 Å². The number of aryl methyl sites for hydroxylation is 2. The van der Waals surface area contributed by atoms with E-state index in [4.69, 9.17) is 0 Å². The zero-order chi connectivity index (χ0) is 15.1. The third-order valence-electron chi connectivity index (χ3n) is 3.08. The number of carbonyl (C=O) groups excluding carboxylic acids is 1. The summed E-state index contributed by atoms with van der Waals surface area (Å²) in [4.78, 5) is 22.9. The van der Waals surface area contributed by atoms with Gasteiger partial charge in [0.2, 0.25) is 0 Å². The predicted octanol–water partition coefficient (Wildman–Crippen LogP) is -2.09. The van der Waals surface area contributed by atoms with Crippen molar-refractivity contribution in [1.29, 1.82) is 0 Å². The van der Waals surface area contributed by atoms with Gasteiger partial charge >= 0.3 is 29.6 Å². The third kappa shape index (κ3) is 2.87. The number of nitrogens with zero attached hydrogens (tertiary/aromatic N) is 4.